The Balaban J connectivity index is 2.02. The van der Waals surface area contributed by atoms with E-state index >= 15 is 0 Å². The second-order valence-electron chi connectivity index (χ2n) is 10.4. The molecule has 0 radical (unpaired) electrons. The molecule has 0 heterocycles. The zero-order valence-corrected chi connectivity index (χ0v) is 25.2. The summed E-state index contributed by atoms with van der Waals surface area (Å²) in [5.74, 6) is -0.735. The molecule has 0 bridgehead atoms. The highest BCUT2D eigenvalue weighted by atomic mass is 32.2. The fraction of sp³-hybridized carbons (Fsp3) is 0.375. The van der Waals surface area contributed by atoms with Gasteiger partial charge in [0.05, 0.1) is 10.6 Å². The maximum atomic E-state index is 14.0. The summed E-state index contributed by atoms with van der Waals surface area (Å²) in [6.07, 6.45) is 1.77. The van der Waals surface area contributed by atoms with Crippen LogP contribution in [0.5, 0.6) is 0 Å². The van der Waals surface area contributed by atoms with Gasteiger partial charge in [-0.1, -0.05) is 66.9 Å². The molecule has 0 saturated heterocycles. The van der Waals surface area contributed by atoms with Gasteiger partial charge in [0.25, 0.3) is 10.0 Å². The molecular formula is C32H41N3O4S. The Morgan fingerprint density at radius 2 is 1.45 bits per heavy atom. The molecule has 8 heteroatoms. The van der Waals surface area contributed by atoms with Crippen LogP contribution in [0.1, 0.15) is 54.5 Å². The number of hydrogen-bond donors (Lipinski definition) is 1. The van der Waals surface area contributed by atoms with E-state index in [1.807, 2.05) is 65.0 Å². The molecule has 2 amide bonds. The fourth-order valence-electron chi connectivity index (χ4n) is 4.26. The van der Waals surface area contributed by atoms with Crippen molar-refractivity contribution in [3.05, 3.63) is 94.5 Å². The van der Waals surface area contributed by atoms with Gasteiger partial charge in [0, 0.05) is 13.1 Å². The molecule has 0 aliphatic carbocycles. The molecule has 3 aromatic rings. The molecule has 0 unspecified atom stereocenters. The molecule has 3 aromatic carbocycles. The van der Waals surface area contributed by atoms with Crippen LogP contribution in [0.25, 0.3) is 0 Å². The predicted molar refractivity (Wildman–Crippen MR) is 161 cm³/mol. The minimum Gasteiger partial charge on any atom is -0.354 e. The average molecular weight is 564 g/mol. The number of rotatable bonds is 12. The van der Waals surface area contributed by atoms with E-state index in [0.717, 1.165) is 45.0 Å². The summed E-state index contributed by atoms with van der Waals surface area (Å²) in [6.45, 7) is 11.7. The zero-order chi connectivity index (χ0) is 29.4. The molecule has 7 nitrogen and oxygen atoms in total. The van der Waals surface area contributed by atoms with E-state index in [1.165, 1.54) is 4.90 Å². The number of nitrogens with zero attached hydrogens (tertiary/aromatic N) is 2. The normalized spacial score (nSPS) is 12.1. The van der Waals surface area contributed by atoms with E-state index in [2.05, 4.69) is 5.32 Å². The molecule has 0 aliphatic heterocycles. The van der Waals surface area contributed by atoms with Crippen molar-refractivity contribution >= 4 is 27.5 Å². The lowest BCUT2D eigenvalue weighted by Crippen LogP contribution is -2.51. The van der Waals surface area contributed by atoms with Gasteiger partial charge in [0.2, 0.25) is 11.8 Å². The van der Waals surface area contributed by atoms with Gasteiger partial charge in [-0.15, -0.1) is 0 Å². The molecule has 3 rings (SSSR count). The van der Waals surface area contributed by atoms with Crippen LogP contribution >= 0.6 is 0 Å². The molecule has 0 aliphatic rings. The number of unbranched alkanes of at least 4 members (excludes halogenated alkanes) is 1. The number of benzene rings is 3. The van der Waals surface area contributed by atoms with E-state index in [4.69, 9.17) is 0 Å². The highest BCUT2D eigenvalue weighted by Crippen LogP contribution is 2.27. The molecule has 0 aromatic heterocycles. The number of carbonyl (C=O) groups excluding carboxylic acids is 2. The van der Waals surface area contributed by atoms with Gasteiger partial charge in [-0.3, -0.25) is 13.9 Å². The summed E-state index contributed by atoms with van der Waals surface area (Å²) in [5, 5.41) is 2.91. The first kappa shape index (κ1) is 30.9. The lowest BCUT2D eigenvalue weighted by atomic mass is 10.1. The Morgan fingerprint density at radius 1 is 0.850 bits per heavy atom. The van der Waals surface area contributed by atoms with Gasteiger partial charge in [-0.05, 0) is 82.0 Å². The summed E-state index contributed by atoms with van der Waals surface area (Å²) in [7, 11) is -4.09. The predicted octanol–water partition coefficient (Wildman–Crippen LogP) is 5.45. The monoisotopic (exact) mass is 563 g/mol. The van der Waals surface area contributed by atoms with Crippen LogP contribution in [0, 0.1) is 27.7 Å². The summed E-state index contributed by atoms with van der Waals surface area (Å²) < 4.78 is 29.0. The Hall–Kier alpha value is -3.65. The Labute approximate surface area is 239 Å². The summed E-state index contributed by atoms with van der Waals surface area (Å²) >= 11 is 0. The first-order chi connectivity index (χ1) is 18.9. The third kappa shape index (κ3) is 7.72. The van der Waals surface area contributed by atoms with Crippen LogP contribution < -0.4 is 9.62 Å². The van der Waals surface area contributed by atoms with E-state index < -0.39 is 28.5 Å². The quantitative estimate of drug-likeness (QED) is 0.297. The number of amides is 2. The number of anilines is 1. The van der Waals surface area contributed by atoms with Gasteiger partial charge < -0.3 is 10.2 Å². The minimum absolute atomic E-state index is 0.0968. The van der Waals surface area contributed by atoms with Crippen molar-refractivity contribution in [1.29, 1.82) is 0 Å². The Kier molecular flexibility index (Phi) is 10.5. The van der Waals surface area contributed by atoms with Crippen molar-refractivity contribution in [2.45, 2.75) is 71.9 Å². The third-order valence-electron chi connectivity index (χ3n) is 7.14. The highest BCUT2D eigenvalue weighted by Gasteiger charge is 2.32. The molecular weight excluding hydrogens is 522 g/mol. The Bertz CT molecular complexity index is 1420. The summed E-state index contributed by atoms with van der Waals surface area (Å²) in [5.41, 5.74) is 5.19. The lowest BCUT2D eigenvalue weighted by Gasteiger charge is -2.32. The number of aryl methyl sites for hydroxylation is 4. The highest BCUT2D eigenvalue weighted by molar-refractivity contribution is 7.92. The molecule has 0 saturated carbocycles. The first-order valence-electron chi connectivity index (χ1n) is 13.7. The van der Waals surface area contributed by atoms with Crippen molar-refractivity contribution < 1.29 is 18.0 Å². The molecule has 0 fully saturated rings. The third-order valence-corrected chi connectivity index (χ3v) is 8.92. The maximum Gasteiger partial charge on any atom is 0.264 e. The van der Waals surface area contributed by atoms with Crippen molar-refractivity contribution in [3.63, 3.8) is 0 Å². The zero-order valence-electron chi connectivity index (χ0n) is 24.4. The van der Waals surface area contributed by atoms with Crippen LogP contribution in [-0.4, -0.2) is 44.3 Å². The van der Waals surface area contributed by atoms with Crippen molar-refractivity contribution in [3.8, 4) is 0 Å². The van der Waals surface area contributed by atoms with E-state index in [-0.39, 0.29) is 17.3 Å². The standard InChI is InChI=1S/C32H41N3O4S/c1-7-8-19-33-32(37)27(6)34(21-28-14-9-23(2)10-15-28)31(36)22-35(29-16-13-25(4)26(5)20-29)40(38,39)30-17-11-24(3)12-18-30/h9-18,20,27H,7-8,19,21-22H2,1-6H3,(H,33,37)/t27-/m1/s1. The fourth-order valence-corrected chi connectivity index (χ4v) is 5.66. The maximum absolute atomic E-state index is 14.0. The molecule has 0 spiro atoms. The van der Waals surface area contributed by atoms with Crippen LogP contribution in [0.4, 0.5) is 5.69 Å². The van der Waals surface area contributed by atoms with E-state index in [0.29, 0.717) is 12.2 Å². The van der Waals surface area contributed by atoms with Gasteiger partial charge in [0.1, 0.15) is 12.6 Å². The van der Waals surface area contributed by atoms with Crippen LogP contribution in [0.15, 0.2) is 71.6 Å². The largest absolute Gasteiger partial charge is 0.354 e. The second kappa shape index (κ2) is 13.6. The van der Waals surface area contributed by atoms with E-state index in [9.17, 15) is 18.0 Å². The topological polar surface area (TPSA) is 86.8 Å². The van der Waals surface area contributed by atoms with Crippen LogP contribution in [-0.2, 0) is 26.2 Å². The number of nitrogens with one attached hydrogen (secondary N) is 1. The van der Waals surface area contributed by atoms with Gasteiger partial charge in [-0.25, -0.2) is 8.42 Å². The van der Waals surface area contributed by atoms with Crippen LogP contribution in [0.2, 0.25) is 0 Å². The van der Waals surface area contributed by atoms with Crippen molar-refractivity contribution in [1.82, 2.24) is 10.2 Å². The van der Waals surface area contributed by atoms with Crippen molar-refractivity contribution in [2.75, 3.05) is 17.4 Å². The number of sulfonamides is 1. The average Bonchev–Trinajstić information content (AvgIpc) is 2.92. The lowest BCUT2D eigenvalue weighted by molar-refractivity contribution is -0.139. The summed E-state index contributed by atoms with van der Waals surface area (Å²) in [6, 6.07) is 18.9. The van der Waals surface area contributed by atoms with E-state index in [1.54, 1.807) is 43.3 Å². The van der Waals surface area contributed by atoms with Gasteiger partial charge in [-0.2, -0.15) is 0 Å². The summed E-state index contributed by atoms with van der Waals surface area (Å²) in [4.78, 5) is 28.6. The van der Waals surface area contributed by atoms with Gasteiger partial charge >= 0.3 is 0 Å². The Morgan fingerprint density at radius 3 is 2.02 bits per heavy atom. The smallest absolute Gasteiger partial charge is 0.264 e. The number of carbonyl (C=O) groups is 2. The van der Waals surface area contributed by atoms with Gasteiger partial charge in [0.15, 0.2) is 0 Å². The van der Waals surface area contributed by atoms with Crippen LogP contribution in [0.3, 0.4) is 0 Å². The SMILES string of the molecule is CCCCNC(=O)[C@@H](C)N(Cc1ccc(C)cc1)C(=O)CN(c1ccc(C)c(C)c1)S(=O)(=O)c1ccc(C)cc1. The number of hydrogen-bond acceptors (Lipinski definition) is 4. The molecule has 40 heavy (non-hydrogen) atoms. The second-order valence-corrected chi connectivity index (χ2v) is 12.3. The first-order valence-corrected chi connectivity index (χ1v) is 15.2. The molecule has 1 N–H and O–H groups in total. The minimum atomic E-state index is -4.09. The van der Waals surface area contributed by atoms with Crippen molar-refractivity contribution in [2.24, 2.45) is 0 Å². The molecule has 1 atom stereocenters. The molecule has 214 valence electrons.